The average molecular weight is 380 g/mol. The van der Waals surface area contributed by atoms with Crippen molar-refractivity contribution in [3.05, 3.63) is 0 Å². The number of β-lactam (4-membered cyclic amide) rings is 1. The van der Waals surface area contributed by atoms with Crippen LogP contribution < -0.4 is 5.32 Å². The first kappa shape index (κ1) is 20.6. The van der Waals surface area contributed by atoms with Crippen LogP contribution in [0.25, 0.3) is 0 Å². The predicted molar refractivity (Wildman–Crippen MR) is 105 cm³/mol. The summed E-state index contributed by atoms with van der Waals surface area (Å²) in [5.74, 6) is 0.229. The maximum atomic E-state index is 12.9. The first-order valence-corrected chi connectivity index (χ1v) is 10.9. The third-order valence-corrected chi connectivity index (χ3v) is 6.65. The van der Waals surface area contributed by atoms with Gasteiger partial charge in [-0.25, -0.2) is 0 Å². The number of ether oxygens (including phenoxy) is 1. The van der Waals surface area contributed by atoms with Crippen LogP contribution in [0.5, 0.6) is 0 Å². The van der Waals surface area contributed by atoms with Crippen molar-refractivity contribution in [3.63, 3.8) is 0 Å². The number of likely N-dealkylation sites (tertiary alicyclic amines) is 2. The molecule has 0 bridgehead atoms. The Morgan fingerprint density at radius 1 is 1.22 bits per heavy atom. The van der Waals surface area contributed by atoms with Crippen LogP contribution in [0.4, 0.5) is 0 Å². The van der Waals surface area contributed by atoms with Crippen molar-refractivity contribution in [2.45, 2.75) is 83.4 Å². The van der Waals surface area contributed by atoms with Gasteiger partial charge in [0, 0.05) is 32.3 Å². The van der Waals surface area contributed by atoms with Crippen LogP contribution in [0.3, 0.4) is 0 Å². The van der Waals surface area contributed by atoms with Crippen LogP contribution in [0.15, 0.2) is 0 Å². The number of nitrogens with zero attached hydrogens (tertiary/aromatic N) is 2. The first-order chi connectivity index (χ1) is 13.0. The molecule has 2 amide bonds. The second-order valence-electron chi connectivity index (χ2n) is 8.94. The highest BCUT2D eigenvalue weighted by Gasteiger charge is 2.63. The molecule has 1 aliphatic carbocycles. The molecule has 1 N–H and O–H groups in total. The Kier molecular flexibility index (Phi) is 6.79. The number of hydrogen-bond donors (Lipinski definition) is 1. The lowest BCUT2D eigenvalue weighted by atomic mass is 9.61. The number of piperidine rings is 1. The molecular weight excluding hydrogens is 342 g/mol. The Morgan fingerprint density at radius 3 is 2.52 bits per heavy atom. The quantitative estimate of drug-likeness (QED) is 0.544. The van der Waals surface area contributed by atoms with E-state index in [9.17, 15) is 9.59 Å². The summed E-state index contributed by atoms with van der Waals surface area (Å²) in [5.41, 5.74) is -0.419. The average Bonchev–Trinajstić information content (AvgIpc) is 2.66. The van der Waals surface area contributed by atoms with Gasteiger partial charge in [-0.1, -0.05) is 19.3 Å². The van der Waals surface area contributed by atoms with Crippen LogP contribution in [-0.4, -0.2) is 73.1 Å². The minimum Gasteiger partial charge on any atom is -0.378 e. The van der Waals surface area contributed by atoms with E-state index in [0.717, 1.165) is 58.0 Å². The summed E-state index contributed by atoms with van der Waals surface area (Å²) in [7, 11) is 2.15. The van der Waals surface area contributed by atoms with E-state index in [0.29, 0.717) is 19.3 Å². The summed E-state index contributed by atoms with van der Waals surface area (Å²) in [5, 5.41) is 3.09. The molecule has 154 valence electrons. The number of rotatable bonds is 7. The van der Waals surface area contributed by atoms with Gasteiger partial charge in [0.15, 0.2) is 0 Å². The number of carbonyl (C=O) groups is 2. The second-order valence-corrected chi connectivity index (χ2v) is 8.94. The maximum Gasteiger partial charge on any atom is 0.243 e. The molecule has 3 rings (SSSR count). The summed E-state index contributed by atoms with van der Waals surface area (Å²) >= 11 is 0. The van der Waals surface area contributed by atoms with E-state index < -0.39 is 5.41 Å². The van der Waals surface area contributed by atoms with Crippen LogP contribution in [0.2, 0.25) is 0 Å². The lowest BCUT2D eigenvalue weighted by Gasteiger charge is -2.58. The molecular formula is C21H37N3O3. The molecule has 1 unspecified atom stereocenters. The fourth-order valence-electron chi connectivity index (χ4n) is 5.05. The van der Waals surface area contributed by atoms with E-state index in [1.54, 1.807) is 4.90 Å². The fourth-order valence-corrected chi connectivity index (χ4v) is 5.05. The van der Waals surface area contributed by atoms with E-state index in [4.69, 9.17) is 4.74 Å². The zero-order chi connectivity index (χ0) is 19.4. The normalized spacial score (nSPS) is 26.4. The fraction of sp³-hybridized carbons (Fsp3) is 0.905. The smallest absolute Gasteiger partial charge is 0.243 e. The highest BCUT2D eigenvalue weighted by Crippen LogP contribution is 2.50. The predicted octanol–water partition coefficient (Wildman–Crippen LogP) is 2.17. The Labute approximate surface area is 164 Å². The van der Waals surface area contributed by atoms with Crippen LogP contribution >= 0.6 is 0 Å². The van der Waals surface area contributed by atoms with Gasteiger partial charge in [-0.3, -0.25) is 9.59 Å². The van der Waals surface area contributed by atoms with Gasteiger partial charge in [-0.2, -0.15) is 0 Å². The van der Waals surface area contributed by atoms with E-state index in [2.05, 4.69) is 17.3 Å². The van der Waals surface area contributed by atoms with Crippen LogP contribution in [-0.2, 0) is 14.3 Å². The summed E-state index contributed by atoms with van der Waals surface area (Å²) in [6.07, 6.45) is 8.42. The van der Waals surface area contributed by atoms with Crippen molar-refractivity contribution in [1.29, 1.82) is 0 Å². The molecule has 1 spiro atoms. The highest BCUT2D eigenvalue weighted by molar-refractivity contribution is 6.02. The van der Waals surface area contributed by atoms with E-state index >= 15 is 0 Å². The van der Waals surface area contributed by atoms with Crippen LogP contribution in [0.1, 0.15) is 65.2 Å². The van der Waals surface area contributed by atoms with Crippen molar-refractivity contribution in [2.24, 2.45) is 5.41 Å². The molecule has 0 radical (unpaired) electrons. The summed E-state index contributed by atoms with van der Waals surface area (Å²) in [6.45, 7) is 7.52. The van der Waals surface area contributed by atoms with Crippen molar-refractivity contribution >= 4 is 11.8 Å². The zero-order valence-electron chi connectivity index (χ0n) is 17.3. The molecule has 1 saturated carbocycles. The minimum absolute atomic E-state index is 0.0319. The van der Waals surface area contributed by atoms with E-state index in [-0.39, 0.29) is 23.9 Å². The summed E-state index contributed by atoms with van der Waals surface area (Å²) in [4.78, 5) is 29.8. The number of amides is 2. The lowest BCUT2D eigenvalue weighted by Crippen LogP contribution is -2.75. The molecule has 0 aromatic rings. The lowest BCUT2D eigenvalue weighted by molar-refractivity contribution is -0.185. The topological polar surface area (TPSA) is 61.9 Å². The largest absolute Gasteiger partial charge is 0.378 e. The van der Waals surface area contributed by atoms with Crippen LogP contribution in [0, 0.1) is 5.41 Å². The molecule has 6 heteroatoms. The Morgan fingerprint density at radius 2 is 1.89 bits per heavy atom. The molecule has 2 heterocycles. The molecule has 6 nitrogen and oxygen atoms in total. The van der Waals surface area contributed by atoms with Crippen molar-refractivity contribution in [2.75, 3.05) is 33.3 Å². The summed E-state index contributed by atoms with van der Waals surface area (Å²) in [6, 6.07) is -0.200. The molecule has 1 atom stereocenters. The van der Waals surface area contributed by atoms with E-state index in [1.807, 2.05) is 13.8 Å². The number of hydrogen-bond acceptors (Lipinski definition) is 4. The second kappa shape index (κ2) is 8.91. The molecule has 3 aliphatic rings. The van der Waals surface area contributed by atoms with Crippen molar-refractivity contribution < 1.29 is 14.3 Å². The molecule has 3 fully saturated rings. The van der Waals surface area contributed by atoms with Gasteiger partial charge in [0.05, 0.1) is 11.5 Å². The molecule has 2 saturated heterocycles. The molecule has 0 aromatic carbocycles. The standard InChI is InChI=1S/C21H37N3O3/c1-16(2)24-18(21(20(24)26)10-5-4-6-11-21)19(25)22-12-7-15-27-17-8-13-23(3)14-9-17/h16-18H,4-15H2,1-3H3,(H,22,25). The monoisotopic (exact) mass is 379 g/mol. The minimum atomic E-state index is -0.419. The van der Waals surface area contributed by atoms with Gasteiger partial charge in [0.2, 0.25) is 11.8 Å². The molecule has 27 heavy (non-hydrogen) atoms. The zero-order valence-corrected chi connectivity index (χ0v) is 17.3. The molecule has 2 aliphatic heterocycles. The SMILES string of the molecule is CC(C)N1C(=O)C2(CCCCC2)C1C(=O)NCCCOC1CCN(C)CC1. The van der Waals surface area contributed by atoms with Gasteiger partial charge in [0.25, 0.3) is 0 Å². The third kappa shape index (κ3) is 4.32. The van der Waals surface area contributed by atoms with Gasteiger partial charge in [-0.05, 0) is 53.0 Å². The number of nitrogens with one attached hydrogen (secondary N) is 1. The molecule has 0 aromatic heterocycles. The van der Waals surface area contributed by atoms with Gasteiger partial charge in [-0.15, -0.1) is 0 Å². The maximum absolute atomic E-state index is 12.9. The van der Waals surface area contributed by atoms with Crippen molar-refractivity contribution in [1.82, 2.24) is 15.1 Å². The third-order valence-electron chi connectivity index (χ3n) is 6.65. The number of carbonyl (C=O) groups excluding carboxylic acids is 2. The Hall–Kier alpha value is -1.14. The van der Waals surface area contributed by atoms with Crippen molar-refractivity contribution in [3.8, 4) is 0 Å². The summed E-state index contributed by atoms with van der Waals surface area (Å²) < 4.78 is 5.96. The Bertz CT molecular complexity index is 523. The van der Waals surface area contributed by atoms with Gasteiger partial charge in [0.1, 0.15) is 6.04 Å². The first-order valence-electron chi connectivity index (χ1n) is 10.9. The van der Waals surface area contributed by atoms with Gasteiger partial charge < -0.3 is 19.9 Å². The highest BCUT2D eigenvalue weighted by atomic mass is 16.5. The Balaban J connectivity index is 1.44. The van der Waals surface area contributed by atoms with E-state index in [1.165, 1.54) is 6.42 Å². The van der Waals surface area contributed by atoms with Gasteiger partial charge >= 0.3 is 0 Å².